The minimum Gasteiger partial charge on any atom is -0.338 e. The molecule has 1 atom stereocenters. The molecule has 2 fully saturated rings. The Morgan fingerprint density at radius 3 is 2.66 bits per heavy atom. The molecule has 29 heavy (non-hydrogen) atoms. The first-order valence-corrected chi connectivity index (χ1v) is 10.6. The Kier molecular flexibility index (Phi) is 6.29. The van der Waals surface area contributed by atoms with E-state index in [1.807, 2.05) is 0 Å². The Bertz CT molecular complexity index is 833. The molecule has 4 rings (SSSR count). The first-order chi connectivity index (χ1) is 14.2. The van der Waals surface area contributed by atoms with Crippen LogP contribution in [0, 0.1) is 0 Å². The van der Waals surface area contributed by atoms with E-state index in [9.17, 15) is 0 Å². The number of likely N-dealkylation sites (N-methyl/N-ethyl adjacent to an activating group) is 1. The molecule has 0 radical (unpaired) electrons. The second kappa shape index (κ2) is 9.26. The lowest BCUT2D eigenvalue weighted by atomic mass is 10.1. The number of aromatic nitrogens is 3. The van der Waals surface area contributed by atoms with Crippen molar-refractivity contribution in [3.63, 3.8) is 0 Å². The molecule has 2 aliphatic heterocycles. The minimum absolute atomic E-state index is 0.217. The van der Waals surface area contributed by atoms with Gasteiger partial charge in [-0.3, -0.25) is 4.99 Å². The number of aliphatic imine (C=N–C) groups is 2. The van der Waals surface area contributed by atoms with E-state index in [4.69, 9.17) is 9.98 Å². The lowest BCUT2D eigenvalue weighted by molar-refractivity contribution is 0.311. The summed E-state index contributed by atoms with van der Waals surface area (Å²) in [4.78, 5) is 28.0. The third-order valence-corrected chi connectivity index (χ3v) is 5.39. The van der Waals surface area contributed by atoms with Gasteiger partial charge in [0.05, 0.1) is 6.04 Å². The normalized spacial score (nSPS) is 25.6. The quantitative estimate of drug-likeness (QED) is 0.844. The Morgan fingerprint density at radius 1 is 1.07 bits per heavy atom. The van der Waals surface area contributed by atoms with Crippen LogP contribution in [-0.4, -0.2) is 70.8 Å². The van der Waals surface area contributed by atoms with Crippen molar-refractivity contribution in [2.45, 2.75) is 45.1 Å². The number of hydrogen-bond donors (Lipinski definition) is 1. The fourth-order valence-electron chi connectivity index (χ4n) is 3.63. The first kappa shape index (κ1) is 19.7. The van der Waals surface area contributed by atoms with E-state index in [1.165, 1.54) is 0 Å². The Labute approximate surface area is 172 Å². The SMILES string of the molecule is CCc1nc(N=C2CCCC(=NC3C=CC=CC3)N2)nc(N2CCN(C)CC2)n1. The lowest BCUT2D eigenvalue weighted by Crippen LogP contribution is -2.45. The molecule has 2 saturated heterocycles. The summed E-state index contributed by atoms with van der Waals surface area (Å²) in [7, 11) is 2.15. The predicted octanol–water partition coefficient (Wildman–Crippen LogP) is 2.27. The molecule has 154 valence electrons. The zero-order valence-electron chi connectivity index (χ0n) is 17.4. The number of rotatable bonds is 4. The molecular weight excluding hydrogens is 364 g/mol. The molecule has 3 heterocycles. The van der Waals surface area contributed by atoms with Gasteiger partial charge in [0.1, 0.15) is 17.5 Å². The van der Waals surface area contributed by atoms with Gasteiger partial charge in [-0.15, -0.1) is 0 Å². The Balaban J connectivity index is 1.51. The van der Waals surface area contributed by atoms with Crippen molar-refractivity contribution in [1.82, 2.24) is 25.2 Å². The smallest absolute Gasteiger partial charge is 0.256 e. The molecule has 1 unspecified atom stereocenters. The van der Waals surface area contributed by atoms with Gasteiger partial charge >= 0.3 is 0 Å². The van der Waals surface area contributed by atoms with E-state index < -0.39 is 0 Å². The third-order valence-electron chi connectivity index (χ3n) is 5.39. The van der Waals surface area contributed by atoms with E-state index in [0.717, 1.165) is 81.7 Å². The van der Waals surface area contributed by atoms with E-state index >= 15 is 0 Å². The van der Waals surface area contributed by atoms with Gasteiger partial charge in [-0.05, 0) is 19.9 Å². The van der Waals surface area contributed by atoms with Gasteiger partial charge < -0.3 is 15.1 Å². The summed E-state index contributed by atoms with van der Waals surface area (Å²) in [5.74, 6) is 3.92. The molecule has 8 heteroatoms. The standard InChI is InChI=1S/C21H30N8/c1-3-17-24-20(27-21(26-17)29-14-12-28(2)13-15-29)25-19-11-7-10-18(23-19)22-16-8-5-4-6-9-16/h4-6,8,16H,3,7,9-15H2,1-2H3,(H,22,23,24,25,26,27). The number of hydrogen-bond acceptors (Lipinski definition) is 7. The second-order valence-corrected chi connectivity index (χ2v) is 7.72. The number of aryl methyl sites for hydroxylation is 1. The van der Waals surface area contributed by atoms with Gasteiger partial charge in [-0.1, -0.05) is 31.2 Å². The molecule has 8 nitrogen and oxygen atoms in total. The Morgan fingerprint density at radius 2 is 1.90 bits per heavy atom. The maximum atomic E-state index is 4.84. The van der Waals surface area contributed by atoms with Crippen LogP contribution in [0.2, 0.25) is 0 Å². The van der Waals surface area contributed by atoms with Crippen molar-refractivity contribution < 1.29 is 0 Å². The lowest BCUT2D eigenvalue weighted by Gasteiger charge is -2.32. The molecule has 1 aliphatic carbocycles. The van der Waals surface area contributed by atoms with Crippen LogP contribution in [0.1, 0.15) is 38.4 Å². The number of piperidine rings is 1. The number of allylic oxidation sites excluding steroid dienone is 2. The van der Waals surface area contributed by atoms with Gasteiger partial charge in [0.2, 0.25) is 5.95 Å². The van der Waals surface area contributed by atoms with E-state index in [1.54, 1.807) is 0 Å². The van der Waals surface area contributed by atoms with Gasteiger partial charge in [-0.25, -0.2) is 0 Å². The highest BCUT2D eigenvalue weighted by Gasteiger charge is 2.19. The topological polar surface area (TPSA) is 81.9 Å². The van der Waals surface area contributed by atoms with Gasteiger partial charge in [0.25, 0.3) is 5.95 Å². The predicted molar refractivity (Wildman–Crippen MR) is 117 cm³/mol. The molecule has 3 aliphatic rings. The fourth-order valence-corrected chi connectivity index (χ4v) is 3.63. The molecule has 0 amide bonds. The van der Waals surface area contributed by atoms with Crippen LogP contribution < -0.4 is 10.2 Å². The van der Waals surface area contributed by atoms with Crippen molar-refractivity contribution in [1.29, 1.82) is 0 Å². The fraction of sp³-hybridized carbons (Fsp3) is 0.571. The van der Waals surface area contributed by atoms with Crippen LogP contribution in [0.25, 0.3) is 0 Å². The summed E-state index contributed by atoms with van der Waals surface area (Å²) >= 11 is 0. The van der Waals surface area contributed by atoms with Gasteiger partial charge in [0.15, 0.2) is 0 Å². The van der Waals surface area contributed by atoms with Crippen LogP contribution >= 0.6 is 0 Å². The van der Waals surface area contributed by atoms with Crippen LogP contribution in [0.4, 0.5) is 11.9 Å². The zero-order chi connectivity index (χ0) is 20.1. The van der Waals surface area contributed by atoms with Crippen molar-refractivity contribution >= 4 is 23.6 Å². The third kappa shape index (κ3) is 5.26. The average Bonchev–Trinajstić information content (AvgIpc) is 2.75. The monoisotopic (exact) mass is 394 g/mol. The van der Waals surface area contributed by atoms with E-state index in [-0.39, 0.29) is 6.04 Å². The summed E-state index contributed by atoms with van der Waals surface area (Å²) in [5.41, 5.74) is 0. The van der Waals surface area contributed by atoms with Gasteiger partial charge in [0, 0.05) is 45.4 Å². The number of nitrogens with one attached hydrogen (secondary N) is 1. The summed E-state index contributed by atoms with van der Waals surface area (Å²) < 4.78 is 0. The number of piperazine rings is 1. The minimum atomic E-state index is 0.217. The molecule has 0 bridgehead atoms. The van der Waals surface area contributed by atoms with Crippen LogP contribution in [-0.2, 0) is 6.42 Å². The highest BCUT2D eigenvalue weighted by molar-refractivity contribution is 6.03. The molecule has 1 aromatic rings. The van der Waals surface area contributed by atoms with Gasteiger partial charge in [-0.2, -0.15) is 19.9 Å². The Hall–Kier alpha value is -2.61. The number of amidine groups is 2. The molecule has 1 N–H and O–H groups in total. The van der Waals surface area contributed by atoms with Crippen LogP contribution in [0.5, 0.6) is 0 Å². The van der Waals surface area contributed by atoms with Crippen LogP contribution in [0.3, 0.4) is 0 Å². The van der Waals surface area contributed by atoms with Crippen molar-refractivity contribution in [3.05, 3.63) is 30.1 Å². The second-order valence-electron chi connectivity index (χ2n) is 7.72. The largest absolute Gasteiger partial charge is 0.338 e. The summed E-state index contributed by atoms with van der Waals surface area (Å²) in [6.45, 7) is 5.96. The molecule has 0 spiro atoms. The summed E-state index contributed by atoms with van der Waals surface area (Å²) in [6.07, 6.45) is 13.0. The van der Waals surface area contributed by atoms with Crippen molar-refractivity contribution in [3.8, 4) is 0 Å². The highest BCUT2D eigenvalue weighted by Crippen LogP contribution is 2.17. The average molecular weight is 395 g/mol. The van der Waals surface area contributed by atoms with Crippen molar-refractivity contribution in [2.24, 2.45) is 9.98 Å². The molecule has 0 saturated carbocycles. The highest BCUT2D eigenvalue weighted by atomic mass is 15.3. The molecule has 1 aromatic heterocycles. The number of nitrogens with zero attached hydrogens (tertiary/aromatic N) is 7. The van der Waals surface area contributed by atoms with E-state index in [2.05, 4.69) is 68.3 Å². The van der Waals surface area contributed by atoms with Crippen LogP contribution in [0.15, 0.2) is 34.3 Å². The summed E-state index contributed by atoms with van der Waals surface area (Å²) in [5, 5.41) is 3.41. The molecular formula is C21H30N8. The first-order valence-electron chi connectivity index (χ1n) is 10.6. The summed E-state index contributed by atoms with van der Waals surface area (Å²) in [6, 6.07) is 0.217. The van der Waals surface area contributed by atoms with E-state index in [0.29, 0.717) is 5.95 Å². The number of anilines is 1. The maximum Gasteiger partial charge on any atom is 0.256 e. The maximum absolute atomic E-state index is 4.84. The zero-order valence-corrected chi connectivity index (χ0v) is 17.4. The molecule has 0 aromatic carbocycles. The van der Waals surface area contributed by atoms with Crippen molar-refractivity contribution in [2.75, 3.05) is 38.1 Å².